The van der Waals surface area contributed by atoms with Gasteiger partial charge in [0, 0.05) is 44.2 Å². The highest BCUT2D eigenvalue weighted by Crippen LogP contribution is 2.44. The van der Waals surface area contributed by atoms with Gasteiger partial charge in [0.25, 0.3) is 5.91 Å². The topological polar surface area (TPSA) is 91.6 Å². The van der Waals surface area contributed by atoms with E-state index >= 15 is 0 Å². The van der Waals surface area contributed by atoms with Gasteiger partial charge in [-0.15, -0.1) is 0 Å². The van der Waals surface area contributed by atoms with Gasteiger partial charge in [0.05, 0.1) is 5.41 Å². The van der Waals surface area contributed by atoms with E-state index in [1.807, 2.05) is 58.3 Å². The lowest BCUT2D eigenvalue weighted by molar-refractivity contribution is 0.0770. The zero-order chi connectivity index (χ0) is 22.8. The normalized spacial score (nSPS) is 21.8. The van der Waals surface area contributed by atoms with Crippen molar-refractivity contribution in [2.45, 2.75) is 18.8 Å². The Balaban J connectivity index is 1.30. The Morgan fingerprint density at radius 2 is 1.70 bits per heavy atom. The van der Waals surface area contributed by atoms with Gasteiger partial charge in [-0.05, 0) is 31.0 Å². The molecule has 2 fully saturated rings. The number of nitrogens with one attached hydrogen (secondary N) is 1. The van der Waals surface area contributed by atoms with Gasteiger partial charge < -0.3 is 19.6 Å². The molecule has 170 valence electrons. The standard InChI is InChI=1S/C25H27N5O3/c1-18-27-23(33-28-18)25-16-29(22(31)20-10-6-3-7-11-20)14-21(25)15-30(17-25)24(32)26-13-12-19-8-4-2-5-9-19/h2-11,21H,12-17H2,1H3,(H,26,32)/t21-,25-/m1/s1. The SMILES string of the molecule is Cc1noc([C@]23CN(C(=O)NCCc4ccccc4)C[C@H]2CN(C(=O)c2ccccc2)C3)n1. The van der Waals surface area contributed by atoms with Gasteiger partial charge in [-0.3, -0.25) is 4.79 Å². The number of carbonyl (C=O) groups is 2. The first-order valence-corrected chi connectivity index (χ1v) is 11.3. The highest BCUT2D eigenvalue weighted by atomic mass is 16.5. The molecule has 0 aliphatic carbocycles. The summed E-state index contributed by atoms with van der Waals surface area (Å²) in [6, 6.07) is 19.3. The Kier molecular flexibility index (Phi) is 5.58. The van der Waals surface area contributed by atoms with Gasteiger partial charge in [-0.1, -0.05) is 53.7 Å². The first-order chi connectivity index (χ1) is 16.0. The smallest absolute Gasteiger partial charge is 0.317 e. The number of aryl methyl sites for hydroxylation is 1. The first-order valence-electron chi connectivity index (χ1n) is 11.3. The Labute approximate surface area is 192 Å². The molecule has 3 heterocycles. The highest BCUT2D eigenvalue weighted by molar-refractivity contribution is 5.94. The van der Waals surface area contributed by atoms with Crippen molar-refractivity contribution in [3.63, 3.8) is 0 Å². The predicted molar refractivity (Wildman–Crippen MR) is 122 cm³/mol. The number of carbonyl (C=O) groups excluding carboxylic acids is 2. The fourth-order valence-corrected chi connectivity index (χ4v) is 5.01. The van der Waals surface area contributed by atoms with Crippen LogP contribution in [0.15, 0.2) is 65.2 Å². The fraction of sp³-hybridized carbons (Fsp3) is 0.360. The molecule has 2 saturated heterocycles. The molecule has 1 aromatic heterocycles. The minimum Gasteiger partial charge on any atom is -0.339 e. The lowest BCUT2D eigenvalue weighted by Crippen LogP contribution is -2.44. The molecule has 1 N–H and O–H groups in total. The summed E-state index contributed by atoms with van der Waals surface area (Å²) < 4.78 is 5.60. The summed E-state index contributed by atoms with van der Waals surface area (Å²) in [4.78, 5) is 34.2. The average molecular weight is 446 g/mol. The van der Waals surface area contributed by atoms with E-state index in [2.05, 4.69) is 27.6 Å². The number of amides is 3. The molecule has 2 aromatic carbocycles. The summed E-state index contributed by atoms with van der Waals surface area (Å²) >= 11 is 0. The van der Waals surface area contributed by atoms with Gasteiger partial charge in [-0.25, -0.2) is 4.79 Å². The molecule has 3 aromatic rings. The Morgan fingerprint density at radius 1 is 1.03 bits per heavy atom. The van der Waals surface area contributed by atoms with Crippen molar-refractivity contribution >= 4 is 11.9 Å². The molecule has 5 rings (SSSR count). The van der Waals surface area contributed by atoms with Crippen molar-refractivity contribution < 1.29 is 14.1 Å². The molecule has 0 unspecified atom stereocenters. The van der Waals surface area contributed by atoms with Gasteiger partial charge in [0.1, 0.15) is 0 Å². The molecular formula is C25H27N5O3. The van der Waals surface area contributed by atoms with E-state index in [1.165, 1.54) is 5.56 Å². The van der Waals surface area contributed by atoms with Crippen LogP contribution in [0, 0.1) is 12.8 Å². The van der Waals surface area contributed by atoms with Crippen molar-refractivity contribution in [3.05, 3.63) is 83.5 Å². The number of nitrogens with zero attached hydrogens (tertiary/aromatic N) is 4. The maximum absolute atomic E-state index is 13.1. The van der Waals surface area contributed by atoms with Crippen LogP contribution in [0.2, 0.25) is 0 Å². The van der Waals surface area contributed by atoms with Crippen LogP contribution in [-0.4, -0.2) is 64.6 Å². The second-order valence-electron chi connectivity index (χ2n) is 8.90. The number of benzene rings is 2. The molecule has 0 spiro atoms. The number of rotatable bonds is 5. The molecule has 2 atom stereocenters. The van der Waals surface area contributed by atoms with Crippen molar-refractivity contribution in [2.24, 2.45) is 5.92 Å². The summed E-state index contributed by atoms with van der Waals surface area (Å²) in [7, 11) is 0. The Morgan fingerprint density at radius 3 is 2.39 bits per heavy atom. The lowest BCUT2D eigenvalue weighted by atomic mass is 9.81. The van der Waals surface area contributed by atoms with E-state index in [0.717, 1.165) is 6.42 Å². The molecular weight excluding hydrogens is 418 g/mol. The van der Waals surface area contributed by atoms with E-state index in [-0.39, 0.29) is 17.9 Å². The van der Waals surface area contributed by atoms with Gasteiger partial charge >= 0.3 is 6.03 Å². The third-order valence-electron chi connectivity index (χ3n) is 6.69. The molecule has 2 aliphatic rings. The van der Waals surface area contributed by atoms with Crippen molar-refractivity contribution in [1.82, 2.24) is 25.3 Å². The third-order valence-corrected chi connectivity index (χ3v) is 6.69. The largest absolute Gasteiger partial charge is 0.339 e. The summed E-state index contributed by atoms with van der Waals surface area (Å²) in [5.41, 5.74) is 1.29. The Hall–Kier alpha value is -3.68. The minimum atomic E-state index is -0.553. The van der Waals surface area contributed by atoms with E-state index in [9.17, 15) is 9.59 Å². The monoisotopic (exact) mass is 445 g/mol. The maximum atomic E-state index is 13.1. The molecule has 0 saturated carbocycles. The number of fused-ring (bicyclic) bond motifs is 1. The predicted octanol–water partition coefficient (Wildman–Crippen LogP) is 2.66. The molecule has 8 nitrogen and oxygen atoms in total. The molecule has 2 aliphatic heterocycles. The van der Waals surface area contributed by atoms with Crippen LogP contribution in [0.3, 0.4) is 0 Å². The van der Waals surface area contributed by atoms with Gasteiger partial charge in [0.15, 0.2) is 5.82 Å². The van der Waals surface area contributed by atoms with E-state index in [4.69, 9.17) is 4.52 Å². The van der Waals surface area contributed by atoms with Crippen LogP contribution in [0.5, 0.6) is 0 Å². The van der Waals surface area contributed by atoms with Crippen LogP contribution < -0.4 is 5.32 Å². The van der Waals surface area contributed by atoms with Crippen LogP contribution in [0.4, 0.5) is 4.79 Å². The second-order valence-corrected chi connectivity index (χ2v) is 8.90. The Bertz CT molecular complexity index is 1130. The summed E-state index contributed by atoms with van der Waals surface area (Å²) in [5.74, 6) is 1.08. The second kappa shape index (κ2) is 8.69. The number of aromatic nitrogens is 2. The van der Waals surface area contributed by atoms with E-state index in [0.29, 0.717) is 50.0 Å². The first kappa shape index (κ1) is 21.2. The molecule has 3 amide bonds. The van der Waals surface area contributed by atoms with Crippen LogP contribution in [0.1, 0.15) is 27.6 Å². The zero-order valence-electron chi connectivity index (χ0n) is 18.6. The minimum absolute atomic E-state index is 0.0144. The summed E-state index contributed by atoms with van der Waals surface area (Å²) in [5, 5.41) is 7.02. The molecule has 0 bridgehead atoms. The van der Waals surface area contributed by atoms with Crippen LogP contribution in [-0.2, 0) is 11.8 Å². The number of likely N-dealkylation sites (tertiary alicyclic amines) is 2. The van der Waals surface area contributed by atoms with Crippen LogP contribution >= 0.6 is 0 Å². The quantitative estimate of drug-likeness (QED) is 0.652. The van der Waals surface area contributed by atoms with Crippen molar-refractivity contribution in [2.75, 3.05) is 32.7 Å². The van der Waals surface area contributed by atoms with Gasteiger partial charge in [0.2, 0.25) is 5.89 Å². The summed E-state index contributed by atoms with van der Waals surface area (Å²) in [6.45, 7) is 4.31. The number of hydrogen-bond acceptors (Lipinski definition) is 5. The average Bonchev–Trinajstić information content (AvgIpc) is 3.52. The van der Waals surface area contributed by atoms with Crippen molar-refractivity contribution in [1.29, 1.82) is 0 Å². The van der Waals surface area contributed by atoms with E-state index < -0.39 is 5.41 Å². The van der Waals surface area contributed by atoms with Gasteiger partial charge in [-0.2, -0.15) is 4.98 Å². The third kappa shape index (κ3) is 4.08. The summed E-state index contributed by atoms with van der Waals surface area (Å²) in [6.07, 6.45) is 0.775. The van der Waals surface area contributed by atoms with Crippen LogP contribution in [0.25, 0.3) is 0 Å². The maximum Gasteiger partial charge on any atom is 0.317 e. The number of hydrogen-bond donors (Lipinski definition) is 1. The number of urea groups is 1. The molecule has 33 heavy (non-hydrogen) atoms. The highest BCUT2D eigenvalue weighted by Gasteiger charge is 2.58. The zero-order valence-corrected chi connectivity index (χ0v) is 18.6. The fourth-order valence-electron chi connectivity index (χ4n) is 5.01. The van der Waals surface area contributed by atoms with Crippen molar-refractivity contribution in [3.8, 4) is 0 Å². The molecule has 8 heteroatoms. The van der Waals surface area contributed by atoms with E-state index in [1.54, 1.807) is 6.92 Å². The lowest BCUT2D eigenvalue weighted by Gasteiger charge is -2.26. The molecule has 0 radical (unpaired) electrons.